The van der Waals surface area contributed by atoms with Gasteiger partial charge in [-0.2, -0.15) is 0 Å². The topological polar surface area (TPSA) is 38.5 Å². The lowest BCUT2D eigenvalue weighted by molar-refractivity contribution is -0.0568. The Hall–Kier alpha value is -0.120. The van der Waals surface area contributed by atoms with Gasteiger partial charge in [0.15, 0.2) is 0 Å². The first-order chi connectivity index (χ1) is 6.13. The van der Waals surface area contributed by atoms with Gasteiger partial charge in [-0.3, -0.25) is 4.90 Å². The number of nitrogens with two attached hydrogens (primary N) is 1. The van der Waals surface area contributed by atoms with Crippen molar-refractivity contribution in [2.45, 2.75) is 45.4 Å². The third kappa shape index (κ3) is 3.25. The predicted octanol–water partition coefficient (Wildman–Crippen LogP) is 0.833. The van der Waals surface area contributed by atoms with E-state index in [9.17, 15) is 0 Å². The molecule has 1 fully saturated rings. The van der Waals surface area contributed by atoms with Crippen LogP contribution in [0.5, 0.6) is 0 Å². The fourth-order valence-corrected chi connectivity index (χ4v) is 1.88. The van der Waals surface area contributed by atoms with Gasteiger partial charge in [0, 0.05) is 25.2 Å². The standard InChI is InChI=1S/C10H22N2O/c1-4-10-7-13-9(3)6-12(10)5-8(2)11/h8-10H,4-7,11H2,1-3H3/t8-,9?,10?/m1/s1. The summed E-state index contributed by atoms with van der Waals surface area (Å²) in [5.74, 6) is 0. The maximum Gasteiger partial charge on any atom is 0.0674 e. The molecule has 0 bridgehead atoms. The van der Waals surface area contributed by atoms with Gasteiger partial charge < -0.3 is 10.5 Å². The van der Waals surface area contributed by atoms with Crippen LogP contribution in [-0.4, -0.2) is 42.8 Å². The Labute approximate surface area is 81.2 Å². The molecule has 1 aliphatic rings. The summed E-state index contributed by atoms with van der Waals surface area (Å²) >= 11 is 0. The minimum Gasteiger partial charge on any atom is -0.376 e. The molecule has 0 saturated carbocycles. The van der Waals surface area contributed by atoms with Crippen molar-refractivity contribution < 1.29 is 4.74 Å². The molecule has 3 heteroatoms. The molecule has 78 valence electrons. The molecule has 3 nitrogen and oxygen atoms in total. The number of hydrogen-bond donors (Lipinski definition) is 1. The second-order valence-corrected chi connectivity index (χ2v) is 4.14. The summed E-state index contributed by atoms with van der Waals surface area (Å²) in [5, 5.41) is 0. The van der Waals surface area contributed by atoms with Gasteiger partial charge in [0.25, 0.3) is 0 Å². The average molecular weight is 186 g/mol. The second-order valence-electron chi connectivity index (χ2n) is 4.14. The number of hydrogen-bond acceptors (Lipinski definition) is 3. The molecule has 0 radical (unpaired) electrons. The van der Waals surface area contributed by atoms with Crippen molar-refractivity contribution >= 4 is 0 Å². The number of nitrogens with zero attached hydrogens (tertiary/aromatic N) is 1. The molecule has 1 saturated heterocycles. The van der Waals surface area contributed by atoms with E-state index in [0.29, 0.717) is 12.1 Å². The summed E-state index contributed by atoms with van der Waals surface area (Å²) in [5.41, 5.74) is 5.80. The zero-order valence-electron chi connectivity index (χ0n) is 8.99. The fourth-order valence-electron chi connectivity index (χ4n) is 1.88. The van der Waals surface area contributed by atoms with E-state index in [1.807, 2.05) is 0 Å². The van der Waals surface area contributed by atoms with Crippen LogP contribution in [0.2, 0.25) is 0 Å². The maximum absolute atomic E-state index is 5.80. The normalized spacial score (nSPS) is 33.2. The third-order valence-corrected chi connectivity index (χ3v) is 2.57. The van der Waals surface area contributed by atoms with Crippen molar-refractivity contribution in [3.05, 3.63) is 0 Å². The van der Waals surface area contributed by atoms with E-state index in [-0.39, 0.29) is 6.04 Å². The van der Waals surface area contributed by atoms with Crippen LogP contribution >= 0.6 is 0 Å². The molecule has 0 aromatic heterocycles. The van der Waals surface area contributed by atoms with Gasteiger partial charge in [-0.25, -0.2) is 0 Å². The van der Waals surface area contributed by atoms with Crippen LogP contribution in [0.1, 0.15) is 27.2 Å². The number of rotatable bonds is 3. The quantitative estimate of drug-likeness (QED) is 0.709. The smallest absolute Gasteiger partial charge is 0.0674 e. The van der Waals surface area contributed by atoms with Gasteiger partial charge in [-0.05, 0) is 20.3 Å². The monoisotopic (exact) mass is 186 g/mol. The zero-order valence-corrected chi connectivity index (χ0v) is 8.99. The van der Waals surface area contributed by atoms with Gasteiger partial charge >= 0.3 is 0 Å². The summed E-state index contributed by atoms with van der Waals surface area (Å²) < 4.78 is 5.61. The molecule has 1 heterocycles. The van der Waals surface area contributed by atoms with Crippen molar-refractivity contribution in [3.8, 4) is 0 Å². The maximum atomic E-state index is 5.80. The molecular formula is C10H22N2O. The van der Waals surface area contributed by atoms with Crippen molar-refractivity contribution in [2.75, 3.05) is 19.7 Å². The summed E-state index contributed by atoms with van der Waals surface area (Å²) in [7, 11) is 0. The molecule has 0 aromatic rings. The molecule has 3 atom stereocenters. The average Bonchev–Trinajstić information content (AvgIpc) is 2.03. The summed E-state index contributed by atoms with van der Waals surface area (Å²) in [6, 6.07) is 0.835. The van der Waals surface area contributed by atoms with Crippen LogP contribution < -0.4 is 5.73 Å². The molecule has 13 heavy (non-hydrogen) atoms. The van der Waals surface area contributed by atoms with Gasteiger partial charge in [-0.15, -0.1) is 0 Å². The molecule has 2 unspecified atom stereocenters. The van der Waals surface area contributed by atoms with Crippen molar-refractivity contribution in [2.24, 2.45) is 5.73 Å². The lowest BCUT2D eigenvalue weighted by Gasteiger charge is -2.39. The van der Waals surface area contributed by atoms with E-state index >= 15 is 0 Å². The largest absolute Gasteiger partial charge is 0.376 e. The Morgan fingerprint density at radius 3 is 2.85 bits per heavy atom. The molecule has 2 N–H and O–H groups in total. The van der Waals surface area contributed by atoms with Crippen molar-refractivity contribution in [3.63, 3.8) is 0 Å². The Bertz CT molecular complexity index is 148. The minimum absolute atomic E-state index is 0.263. The van der Waals surface area contributed by atoms with E-state index in [0.717, 1.165) is 26.1 Å². The van der Waals surface area contributed by atoms with Gasteiger partial charge in [0.2, 0.25) is 0 Å². The molecule has 1 rings (SSSR count). The lowest BCUT2D eigenvalue weighted by atomic mass is 10.1. The highest BCUT2D eigenvalue weighted by atomic mass is 16.5. The third-order valence-electron chi connectivity index (χ3n) is 2.57. The van der Waals surface area contributed by atoms with Crippen LogP contribution in [0, 0.1) is 0 Å². The SMILES string of the molecule is CCC1COC(C)CN1C[C@@H](C)N. The molecular weight excluding hydrogens is 164 g/mol. The van der Waals surface area contributed by atoms with E-state index in [2.05, 4.69) is 25.7 Å². The minimum atomic E-state index is 0.263. The molecule has 0 aliphatic carbocycles. The Kier molecular flexibility index (Phi) is 4.16. The van der Waals surface area contributed by atoms with E-state index in [4.69, 9.17) is 10.5 Å². The predicted molar refractivity (Wildman–Crippen MR) is 54.7 cm³/mol. The van der Waals surface area contributed by atoms with E-state index in [1.165, 1.54) is 0 Å². The summed E-state index contributed by atoms with van der Waals surface area (Å²) in [6.45, 7) is 9.28. The molecule has 0 amide bonds. The van der Waals surface area contributed by atoms with Crippen LogP contribution in [0.15, 0.2) is 0 Å². The molecule has 0 spiro atoms. The van der Waals surface area contributed by atoms with Crippen LogP contribution in [-0.2, 0) is 4.74 Å². The van der Waals surface area contributed by atoms with Crippen molar-refractivity contribution in [1.29, 1.82) is 0 Å². The molecule has 1 aliphatic heterocycles. The van der Waals surface area contributed by atoms with Crippen LogP contribution in [0.25, 0.3) is 0 Å². The first kappa shape index (κ1) is 11.0. The second kappa shape index (κ2) is 4.94. The van der Waals surface area contributed by atoms with E-state index in [1.54, 1.807) is 0 Å². The first-order valence-corrected chi connectivity index (χ1v) is 5.24. The summed E-state index contributed by atoms with van der Waals surface area (Å²) in [4.78, 5) is 2.46. The van der Waals surface area contributed by atoms with Crippen molar-refractivity contribution in [1.82, 2.24) is 4.90 Å². The van der Waals surface area contributed by atoms with Gasteiger partial charge in [0.1, 0.15) is 0 Å². The Morgan fingerprint density at radius 1 is 1.62 bits per heavy atom. The Balaban J connectivity index is 2.44. The lowest BCUT2D eigenvalue weighted by Crippen LogP contribution is -2.51. The highest BCUT2D eigenvalue weighted by molar-refractivity contribution is 4.79. The van der Waals surface area contributed by atoms with Crippen LogP contribution in [0.4, 0.5) is 0 Å². The zero-order chi connectivity index (χ0) is 9.84. The van der Waals surface area contributed by atoms with Gasteiger partial charge in [-0.1, -0.05) is 6.92 Å². The fraction of sp³-hybridized carbons (Fsp3) is 1.00. The van der Waals surface area contributed by atoms with Gasteiger partial charge in [0.05, 0.1) is 12.7 Å². The first-order valence-electron chi connectivity index (χ1n) is 5.24. The number of ether oxygens (including phenoxy) is 1. The van der Waals surface area contributed by atoms with Crippen LogP contribution in [0.3, 0.4) is 0 Å². The number of morpholine rings is 1. The molecule has 0 aromatic carbocycles. The highest BCUT2D eigenvalue weighted by Gasteiger charge is 2.25. The Morgan fingerprint density at radius 2 is 2.31 bits per heavy atom. The highest BCUT2D eigenvalue weighted by Crippen LogP contribution is 2.14. The van der Waals surface area contributed by atoms with E-state index < -0.39 is 0 Å². The summed E-state index contributed by atoms with van der Waals surface area (Å²) in [6.07, 6.45) is 1.51.